The summed E-state index contributed by atoms with van der Waals surface area (Å²) in [5.74, 6) is 4.95. The van der Waals surface area contributed by atoms with Gasteiger partial charge in [-0.25, -0.2) is 0 Å². The Morgan fingerprint density at radius 1 is 1.39 bits per heavy atom. The van der Waals surface area contributed by atoms with E-state index in [1.54, 1.807) is 6.08 Å². The maximum atomic E-state index is 11.9. The average Bonchev–Trinajstić information content (AvgIpc) is 2.86. The van der Waals surface area contributed by atoms with Crippen LogP contribution in [0.15, 0.2) is 12.2 Å². The molecule has 0 bridgehead atoms. The number of amides is 1. The molecule has 1 aliphatic rings. The third-order valence-electron chi connectivity index (χ3n) is 3.86. The van der Waals surface area contributed by atoms with E-state index in [9.17, 15) is 14.7 Å². The lowest BCUT2D eigenvalue weighted by atomic mass is 10.1. The number of carbonyl (C=O) groups excluding carboxylic acids is 1. The maximum absolute atomic E-state index is 11.9. The van der Waals surface area contributed by atoms with Crippen molar-refractivity contribution in [1.29, 1.82) is 0 Å². The Balaban J connectivity index is 2.35. The Morgan fingerprint density at radius 3 is 2.83 bits per heavy atom. The van der Waals surface area contributed by atoms with E-state index in [1.165, 1.54) is 0 Å². The number of aliphatic hydroxyl groups is 1. The molecule has 0 aromatic carbocycles. The lowest BCUT2D eigenvalue weighted by Crippen LogP contribution is -2.32. The molecule has 2 N–H and O–H groups in total. The van der Waals surface area contributed by atoms with Gasteiger partial charge in [-0.05, 0) is 25.3 Å². The van der Waals surface area contributed by atoms with E-state index in [0.29, 0.717) is 25.8 Å². The number of likely N-dealkylation sites (tertiary alicyclic amines) is 1. The zero-order valence-electron chi connectivity index (χ0n) is 13.8. The van der Waals surface area contributed by atoms with Crippen molar-refractivity contribution in [3.63, 3.8) is 0 Å². The van der Waals surface area contributed by atoms with E-state index in [-0.39, 0.29) is 18.4 Å². The number of nitrogens with zero attached hydrogens (tertiary/aromatic N) is 1. The number of carboxylic acids is 1. The summed E-state index contributed by atoms with van der Waals surface area (Å²) in [7, 11) is 0. The minimum absolute atomic E-state index is 0.0413. The van der Waals surface area contributed by atoms with Crippen LogP contribution in [-0.2, 0) is 9.59 Å². The molecular weight excluding hydrogens is 294 g/mol. The molecule has 0 aromatic heterocycles. The van der Waals surface area contributed by atoms with Crippen LogP contribution in [0.3, 0.4) is 0 Å². The minimum atomic E-state index is -0.775. The standard InChI is InChI=1S/C18H27NO4/c1-2-3-8-16(20)12-10-15-11-13-17(21)19(15)14-7-5-4-6-9-18(22)23/h10,12,15-16,20H,2,4-7,9,11,13-14H2,1H3,(H,22,23)/b12-10+. The quantitative estimate of drug-likeness (QED) is 0.388. The molecule has 0 aliphatic carbocycles. The van der Waals surface area contributed by atoms with Gasteiger partial charge in [0.05, 0.1) is 6.04 Å². The molecule has 1 saturated heterocycles. The van der Waals surface area contributed by atoms with Crippen molar-refractivity contribution in [2.75, 3.05) is 6.54 Å². The van der Waals surface area contributed by atoms with Crippen LogP contribution in [0.1, 0.15) is 58.3 Å². The highest BCUT2D eigenvalue weighted by atomic mass is 16.4. The fraction of sp³-hybridized carbons (Fsp3) is 0.667. The van der Waals surface area contributed by atoms with Gasteiger partial charge in [0, 0.05) is 25.8 Å². The normalized spacial score (nSPS) is 19.0. The number of aliphatic carboxylic acids is 1. The maximum Gasteiger partial charge on any atom is 0.303 e. The number of unbranched alkanes of at least 4 members (excludes halogenated alkanes) is 3. The molecule has 23 heavy (non-hydrogen) atoms. The van der Waals surface area contributed by atoms with Crippen molar-refractivity contribution in [2.45, 2.75) is 70.4 Å². The third kappa shape index (κ3) is 7.85. The van der Waals surface area contributed by atoms with Gasteiger partial charge in [-0.15, -0.1) is 5.92 Å². The van der Waals surface area contributed by atoms with Crippen molar-refractivity contribution in [3.8, 4) is 11.8 Å². The Morgan fingerprint density at radius 2 is 2.13 bits per heavy atom. The summed E-state index contributed by atoms with van der Waals surface area (Å²) < 4.78 is 0. The van der Waals surface area contributed by atoms with Crippen LogP contribution < -0.4 is 0 Å². The largest absolute Gasteiger partial charge is 0.481 e. The second-order valence-electron chi connectivity index (χ2n) is 5.76. The molecule has 1 fully saturated rings. The molecule has 5 heteroatoms. The lowest BCUT2D eigenvalue weighted by Gasteiger charge is -2.22. The molecule has 0 saturated carbocycles. The van der Waals surface area contributed by atoms with Crippen LogP contribution >= 0.6 is 0 Å². The van der Waals surface area contributed by atoms with Crippen LogP contribution in [0.25, 0.3) is 0 Å². The van der Waals surface area contributed by atoms with Crippen LogP contribution in [0.4, 0.5) is 0 Å². The molecule has 1 amide bonds. The fourth-order valence-corrected chi connectivity index (χ4v) is 2.65. The number of carboxylic acid groups (broad SMARTS) is 1. The summed E-state index contributed by atoms with van der Waals surface area (Å²) in [4.78, 5) is 24.2. The lowest BCUT2D eigenvalue weighted by molar-refractivity contribution is -0.137. The summed E-state index contributed by atoms with van der Waals surface area (Å²) in [6.07, 6.45) is 8.39. The summed E-state index contributed by atoms with van der Waals surface area (Å²) in [6, 6.07) is 0.0413. The molecule has 0 spiro atoms. The zero-order chi connectivity index (χ0) is 17.1. The molecule has 0 radical (unpaired) electrons. The molecule has 1 aliphatic heterocycles. The van der Waals surface area contributed by atoms with Crippen molar-refractivity contribution in [1.82, 2.24) is 4.90 Å². The van der Waals surface area contributed by atoms with E-state index < -0.39 is 12.1 Å². The van der Waals surface area contributed by atoms with Gasteiger partial charge in [0.15, 0.2) is 0 Å². The van der Waals surface area contributed by atoms with E-state index in [4.69, 9.17) is 5.11 Å². The van der Waals surface area contributed by atoms with Gasteiger partial charge in [0.2, 0.25) is 5.91 Å². The van der Waals surface area contributed by atoms with Gasteiger partial charge in [0.25, 0.3) is 0 Å². The van der Waals surface area contributed by atoms with Gasteiger partial charge in [-0.1, -0.05) is 31.8 Å². The van der Waals surface area contributed by atoms with Crippen molar-refractivity contribution < 1.29 is 19.8 Å². The van der Waals surface area contributed by atoms with E-state index >= 15 is 0 Å². The first-order valence-corrected chi connectivity index (χ1v) is 8.40. The van der Waals surface area contributed by atoms with E-state index in [0.717, 1.165) is 25.7 Å². The number of hydrogen-bond donors (Lipinski definition) is 2. The monoisotopic (exact) mass is 321 g/mol. The Hall–Kier alpha value is -1.80. The van der Waals surface area contributed by atoms with Gasteiger partial charge in [-0.3, -0.25) is 9.59 Å². The van der Waals surface area contributed by atoms with Crippen LogP contribution in [0.5, 0.6) is 0 Å². The highest BCUT2D eigenvalue weighted by Crippen LogP contribution is 2.21. The Bertz CT molecular complexity index is 475. The van der Waals surface area contributed by atoms with Gasteiger partial charge in [-0.2, -0.15) is 0 Å². The van der Waals surface area contributed by atoms with Crippen LogP contribution in [0.2, 0.25) is 0 Å². The second kappa shape index (κ2) is 10.8. The smallest absolute Gasteiger partial charge is 0.303 e. The van der Waals surface area contributed by atoms with Crippen molar-refractivity contribution in [2.24, 2.45) is 0 Å². The molecule has 1 rings (SSSR count). The molecule has 5 nitrogen and oxygen atoms in total. The highest BCUT2D eigenvalue weighted by Gasteiger charge is 2.28. The number of hydrogen-bond acceptors (Lipinski definition) is 3. The van der Waals surface area contributed by atoms with Crippen molar-refractivity contribution >= 4 is 11.9 Å². The SMILES string of the molecule is CCC#CC(O)/C=C/C1CCC(=O)N1CCCCCCC(=O)O. The molecule has 2 unspecified atom stereocenters. The summed E-state index contributed by atoms with van der Waals surface area (Å²) in [5.41, 5.74) is 0. The summed E-state index contributed by atoms with van der Waals surface area (Å²) in [6.45, 7) is 2.62. The van der Waals surface area contributed by atoms with E-state index in [1.807, 2.05) is 17.9 Å². The first-order chi connectivity index (χ1) is 11.0. The van der Waals surface area contributed by atoms with Crippen molar-refractivity contribution in [3.05, 3.63) is 12.2 Å². The van der Waals surface area contributed by atoms with Crippen LogP contribution in [-0.4, -0.2) is 45.7 Å². The second-order valence-corrected chi connectivity index (χ2v) is 5.76. The van der Waals surface area contributed by atoms with Gasteiger partial charge >= 0.3 is 5.97 Å². The van der Waals surface area contributed by atoms with Crippen LogP contribution in [0, 0.1) is 11.8 Å². The molecule has 128 valence electrons. The van der Waals surface area contributed by atoms with Gasteiger partial charge < -0.3 is 15.1 Å². The first kappa shape index (κ1) is 19.2. The summed E-state index contributed by atoms with van der Waals surface area (Å²) >= 11 is 0. The average molecular weight is 321 g/mol. The first-order valence-electron chi connectivity index (χ1n) is 8.40. The fourth-order valence-electron chi connectivity index (χ4n) is 2.65. The predicted octanol–water partition coefficient (Wildman–Crippen LogP) is 2.34. The number of aliphatic hydroxyl groups excluding tert-OH is 1. The number of carbonyl (C=O) groups is 2. The highest BCUT2D eigenvalue weighted by molar-refractivity contribution is 5.79. The molecule has 1 heterocycles. The minimum Gasteiger partial charge on any atom is -0.481 e. The predicted molar refractivity (Wildman–Crippen MR) is 88.7 cm³/mol. The molecule has 0 aromatic rings. The Labute approximate surface area is 138 Å². The van der Waals surface area contributed by atoms with E-state index in [2.05, 4.69) is 11.8 Å². The van der Waals surface area contributed by atoms with Gasteiger partial charge in [0.1, 0.15) is 6.10 Å². The summed E-state index contributed by atoms with van der Waals surface area (Å²) in [5, 5.41) is 18.3. The zero-order valence-corrected chi connectivity index (χ0v) is 13.8. The Kier molecular flexibility index (Phi) is 9.08. The molecular formula is C18H27NO4. The topological polar surface area (TPSA) is 77.8 Å². The number of rotatable bonds is 9. The molecule has 2 atom stereocenters. The third-order valence-corrected chi connectivity index (χ3v) is 3.86.